The zero-order valence-electron chi connectivity index (χ0n) is 22.4. The van der Waals surface area contributed by atoms with Crippen molar-refractivity contribution in [1.82, 2.24) is 5.32 Å². The summed E-state index contributed by atoms with van der Waals surface area (Å²) in [5.41, 5.74) is 2.74. The molecule has 2 N–H and O–H groups in total. The van der Waals surface area contributed by atoms with Gasteiger partial charge in [-0.15, -0.1) is 0 Å². The predicted molar refractivity (Wildman–Crippen MR) is 150 cm³/mol. The minimum atomic E-state index is -4.00. The van der Waals surface area contributed by atoms with Gasteiger partial charge < -0.3 is 15.4 Å². The number of benzene rings is 3. The van der Waals surface area contributed by atoms with Crippen LogP contribution in [0, 0.1) is 18.8 Å². The van der Waals surface area contributed by atoms with Gasteiger partial charge >= 0.3 is 0 Å². The number of anilines is 1. The van der Waals surface area contributed by atoms with E-state index in [1.807, 2.05) is 58.0 Å². The number of para-hydroxylation sites is 1. The summed E-state index contributed by atoms with van der Waals surface area (Å²) in [6.07, 6.45) is -0.782. The zero-order chi connectivity index (χ0) is 27.8. The summed E-state index contributed by atoms with van der Waals surface area (Å²) < 4.78 is 37.6. The van der Waals surface area contributed by atoms with Gasteiger partial charge in [-0.25, -0.2) is 0 Å². The second kappa shape index (κ2) is 12.7. The summed E-state index contributed by atoms with van der Waals surface area (Å²) in [5.74, 6) is 6.55. The normalized spacial score (nSPS) is 12.2. The molecule has 200 valence electrons. The van der Waals surface area contributed by atoms with Crippen LogP contribution >= 0.6 is 0 Å². The number of aryl methyl sites for hydroxylation is 1. The molecule has 0 fully saturated rings. The Labute approximate surface area is 225 Å². The van der Waals surface area contributed by atoms with Crippen molar-refractivity contribution in [1.29, 1.82) is 0 Å². The summed E-state index contributed by atoms with van der Waals surface area (Å²) >= 11 is 0. The summed E-state index contributed by atoms with van der Waals surface area (Å²) in [4.78, 5) is 11.4. The lowest BCUT2D eigenvalue weighted by molar-refractivity contribution is -0.114. The van der Waals surface area contributed by atoms with Crippen molar-refractivity contribution in [2.24, 2.45) is 0 Å². The summed E-state index contributed by atoms with van der Waals surface area (Å²) in [6.45, 7) is 9.57. The second-order valence-corrected chi connectivity index (χ2v) is 11.5. The van der Waals surface area contributed by atoms with Gasteiger partial charge in [-0.3, -0.25) is 8.98 Å². The van der Waals surface area contributed by atoms with Crippen molar-refractivity contribution in [3.63, 3.8) is 0 Å². The molecule has 0 saturated carbocycles. The molecule has 3 aromatic carbocycles. The molecule has 0 aliphatic heterocycles. The van der Waals surface area contributed by atoms with Gasteiger partial charge in [-0.05, 0) is 70.2 Å². The molecule has 0 spiro atoms. The molecule has 0 radical (unpaired) electrons. The third-order valence-electron chi connectivity index (χ3n) is 5.27. The maximum atomic E-state index is 13.0. The van der Waals surface area contributed by atoms with E-state index in [-0.39, 0.29) is 29.5 Å². The van der Waals surface area contributed by atoms with Gasteiger partial charge in [-0.1, -0.05) is 47.7 Å². The Morgan fingerprint density at radius 1 is 0.974 bits per heavy atom. The van der Waals surface area contributed by atoms with Crippen LogP contribution in [0.4, 0.5) is 5.69 Å². The topological polar surface area (TPSA) is 93.7 Å². The fourth-order valence-corrected chi connectivity index (χ4v) is 4.44. The number of hydrogen-bond donors (Lipinski definition) is 2. The van der Waals surface area contributed by atoms with E-state index < -0.39 is 16.2 Å². The first-order chi connectivity index (χ1) is 17.9. The number of rotatable bonds is 9. The van der Waals surface area contributed by atoms with E-state index in [4.69, 9.17) is 8.92 Å². The van der Waals surface area contributed by atoms with Crippen LogP contribution < -0.4 is 15.4 Å². The minimum absolute atomic E-state index is 0.00905. The van der Waals surface area contributed by atoms with Gasteiger partial charge in [0.1, 0.15) is 18.5 Å². The van der Waals surface area contributed by atoms with Gasteiger partial charge in [0.25, 0.3) is 10.1 Å². The minimum Gasteiger partial charge on any atom is -0.489 e. The highest BCUT2D eigenvalue weighted by Crippen LogP contribution is 2.20. The molecule has 1 amide bonds. The molecule has 7 nitrogen and oxygen atoms in total. The molecule has 38 heavy (non-hydrogen) atoms. The Hall–Kier alpha value is -3.64. The zero-order valence-corrected chi connectivity index (χ0v) is 23.2. The van der Waals surface area contributed by atoms with Crippen LogP contribution in [-0.4, -0.2) is 39.1 Å². The molecular weight excluding hydrogens is 500 g/mol. The number of ether oxygens (including phenoxy) is 1. The van der Waals surface area contributed by atoms with Crippen LogP contribution in [0.25, 0.3) is 0 Å². The van der Waals surface area contributed by atoms with E-state index in [1.54, 1.807) is 30.3 Å². The molecular formula is C30H34N2O5S. The average molecular weight is 535 g/mol. The first kappa shape index (κ1) is 28.9. The van der Waals surface area contributed by atoms with Crippen molar-refractivity contribution >= 4 is 21.7 Å². The lowest BCUT2D eigenvalue weighted by atomic mass is 10.1. The lowest BCUT2D eigenvalue weighted by Gasteiger charge is -2.25. The number of carbonyl (C=O) groups excluding carboxylic acids is 1. The predicted octanol–water partition coefficient (Wildman–Crippen LogP) is 4.89. The van der Waals surface area contributed by atoms with Crippen LogP contribution in [0.1, 0.15) is 44.4 Å². The molecule has 0 aromatic heterocycles. The third kappa shape index (κ3) is 9.34. The van der Waals surface area contributed by atoms with Crippen molar-refractivity contribution < 1.29 is 22.1 Å². The van der Waals surface area contributed by atoms with Crippen molar-refractivity contribution in [3.8, 4) is 17.6 Å². The SMILES string of the molecule is CC(=O)Nc1cccc(C#Cc2ccccc2OCC(CNC(C)(C)C)OS(=O)(=O)c2ccc(C)cc2)c1. The van der Waals surface area contributed by atoms with E-state index in [0.29, 0.717) is 17.0 Å². The van der Waals surface area contributed by atoms with Crippen LogP contribution in [0.5, 0.6) is 5.75 Å². The molecule has 0 bridgehead atoms. The molecule has 0 saturated heterocycles. The molecule has 1 unspecified atom stereocenters. The number of amides is 1. The quantitative estimate of drug-likeness (QED) is 0.300. The Morgan fingerprint density at radius 3 is 2.37 bits per heavy atom. The number of hydrogen-bond acceptors (Lipinski definition) is 6. The van der Waals surface area contributed by atoms with Crippen LogP contribution in [0.15, 0.2) is 77.7 Å². The summed E-state index contributed by atoms with van der Waals surface area (Å²) in [5, 5.41) is 6.04. The Bertz CT molecular complexity index is 1420. The van der Waals surface area contributed by atoms with Crippen LogP contribution in [0.2, 0.25) is 0 Å². The largest absolute Gasteiger partial charge is 0.489 e. The van der Waals surface area contributed by atoms with Gasteiger partial charge in [0.15, 0.2) is 0 Å². The molecule has 3 aromatic rings. The second-order valence-electron chi connectivity index (χ2n) is 9.94. The maximum absolute atomic E-state index is 13.0. The number of nitrogens with one attached hydrogen (secondary N) is 2. The Morgan fingerprint density at radius 2 is 1.68 bits per heavy atom. The third-order valence-corrected chi connectivity index (χ3v) is 6.64. The molecule has 0 heterocycles. The first-order valence-electron chi connectivity index (χ1n) is 12.3. The highest BCUT2D eigenvalue weighted by Gasteiger charge is 2.24. The van der Waals surface area contributed by atoms with Gasteiger partial charge in [0, 0.05) is 30.3 Å². The standard InChI is InChI=1S/C30H34N2O5S/c1-22-13-17-28(18-14-22)38(34,35)37-27(20-31-30(3,4)5)21-36-29-12-7-6-10-25(29)16-15-24-9-8-11-26(19-24)32-23(2)33/h6-14,17-19,27,31H,20-21H2,1-5H3,(H,32,33). The van der Waals surface area contributed by atoms with E-state index in [1.165, 1.54) is 19.1 Å². The van der Waals surface area contributed by atoms with E-state index in [0.717, 1.165) is 11.1 Å². The molecule has 0 aliphatic carbocycles. The highest BCUT2D eigenvalue weighted by molar-refractivity contribution is 7.86. The Kier molecular flexibility index (Phi) is 9.70. The number of carbonyl (C=O) groups is 1. The van der Waals surface area contributed by atoms with Crippen molar-refractivity contribution in [2.45, 2.75) is 51.2 Å². The smallest absolute Gasteiger partial charge is 0.297 e. The summed E-state index contributed by atoms with van der Waals surface area (Å²) in [6, 6.07) is 21.0. The van der Waals surface area contributed by atoms with Crippen molar-refractivity contribution in [3.05, 3.63) is 89.5 Å². The fraction of sp³-hybridized carbons (Fsp3) is 0.300. The average Bonchev–Trinajstić information content (AvgIpc) is 2.84. The summed E-state index contributed by atoms with van der Waals surface area (Å²) in [7, 11) is -4.00. The molecule has 0 aliphatic rings. The first-order valence-corrected chi connectivity index (χ1v) is 13.7. The lowest BCUT2D eigenvalue weighted by Crippen LogP contribution is -2.44. The Balaban J connectivity index is 1.78. The molecule has 1 atom stereocenters. The monoisotopic (exact) mass is 534 g/mol. The highest BCUT2D eigenvalue weighted by atomic mass is 32.2. The maximum Gasteiger partial charge on any atom is 0.297 e. The molecule has 8 heteroatoms. The van der Waals surface area contributed by atoms with Gasteiger partial charge in [0.05, 0.1) is 10.5 Å². The van der Waals surface area contributed by atoms with E-state index in [2.05, 4.69) is 22.5 Å². The van der Waals surface area contributed by atoms with Gasteiger partial charge in [0.2, 0.25) is 5.91 Å². The van der Waals surface area contributed by atoms with Gasteiger partial charge in [-0.2, -0.15) is 8.42 Å². The van der Waals surface area contributed by atoms with Crippen LogP contribution in [0.3, 0.4) is 0 Å². The fourth-order valence-electron chi connectivity index (χ4n) is 3.38. The van der Waals surface area contributed by atoms with E-state index in [9.17, 15) is 13.2 Å². The van der Waals surface area contributed by atoms with Crippen molar-refractivity contribution in [2.75, 3.05) is 18.5 Å². The van der Waals surface area contributed by atoms with Crippen LogP contribution in [-0.2, 0) is 19.1 Å². The van der Waals surface area contributed by atoms with E-state index >= 15 is 0 Å². The molecule has 3 rings (SSSR count).